The van der Waals surface area contributed by atoms with Gasteiger partial charge in [-0.3, -0.25) is 4.31 Å². The van der Waals surface area contributed by atoms with Crippen LogP contribution in [0.3, 0.4) is 0 Å². The fourth-order valence-electron chi connectivity index (χ4n) is 5.14. The number of nitrogens with zero attached hydrogens (tertiary/aromatic N) is 2. The quantitative estimate of drug-likeness (QED) is 0.514. The molecule has 37 heavy (non-hydrogen) atoms. The first-order valence-corrected chi connectivity index (χ1v) is 13.4. The Bertz CT molecular complexity index is 1430. The van der Waals surface area contributed by atoms with Crippen molar-refractivity contribution in [3.05, 3.63) is 66.2 Å². The SMILES string of the molecule is CC1C(OC(=O)C(F)(F)F)Cc2c(N3CCNCC3)cccc2N1S(=O)(=O)c1cccc2ccccc12. The van der Waals surface area contributed by atoms with Gasteiger partial charge in [-0.1, -0.05) is 42.5 Å². The number of rotatable bonds is 4. The first-order chi connectivity index (χ1) is 17.6. The smallest absolute Gasteiger partial charge is 0.453 e. The minimum Gasteiger partial charge on any atom is -0.453 e. The van der Waals surface area contributed by atoms with Crippen LogP contribution in [0, 0.1) is 0 Å². The molecule has 2 aliphatic heterocycles. The third-order valence-corrected chi connectivity index (χ3v) is 8.87. The van der Waals surface area contributed by atoms with E-state index in [0.717, 1.165) is 9.99 Å². The maximum atomic E-state index is 14.2. The summed E-state index contributed by atoms with van der Waals surface area (Å²) < 4.78 is 73.9. The summed E-state index contributed by atoms with van der Waals surface area (Å²) in [6.07, 6.45) is -6.58. The molecule has 2 aliphatic rings. The third-order valence-electron chi connectivity index (χ3n) is 6.91. The van der Waals surface area contributed by atoms with Crippen molar-refractivity contribution in [1.29, 1.82) is 0 Å². The molecule has 2 heterocycles. The molecular weight excluding hydrogens is 507 g/mol. The van der Waals surface area contributed by atoms with Crippen molar-refractivity contribution in [2.24, 2.45) is 0 Å². The standard InChI is InChI=1S/C26H26F3N3O4S/c1-17-23(36-25(33)26(27,28)29)16-20-21(31-14-12-30-13-15-31)9-5-10-22(20)32(17)37(34,35)24-11-4-7-18-6-2-3-8-19(18)24/h2-11,17,23,30H,12-16H2,1H3. The van der Waals surface area contributed by atoms with Crippen molar-refractivity contribution >= 4 is 38.1 Å². The van der Waals surface area contributed by atoms with Crippen LogP contribution in [0.25, 0.3) is 10.8 Å². The molecule has 0 radical (unpaired) electrons. The first kappa shape index (κ1) is 25.3. The average Bonchev–Trinajstić information content (AvgIpc) is 2.88. The molecule has 0 aromatic heterocycles. The van der Waals surface area contributed by atoms with Gasteiger partial charge in [-0.05, 0) is 30.5 Å². The fraction of sp³-hybridized carbons (Fsp3) is 0.346. The van der Waals surface area contributed by atoms with Gasteiger partial charge in [0.25, 0.3) is 10.0 Å². The van der Waals surface area contributed by atoms with Crippen LogP contribution < -0.4 is 14.5 Å². The zero-order valence-corrected chi connectivity index (χ0v) is 20.8. The van der Waals surface area contributed by atoms with Gasteiger partial charge >= 0.3 is 12.1 Å². The fourth-order valence-corrected chi connectivity index (χ4v) is 7.07. The molecule has 3 aromatic carbocycles. The van der Waals surface area contributed by atoms with Crippen LogP contribution in [0.1, 0.15) is 12.5 Å². The van der Waals surface area contributed by atoms with Crippen molar-refractivity contribution in [3.8, 4) is 0 Å². The van der Waals surface area contributed by atoms with Gasteiger partial charge in [-0.25, -0.2) is 13.2 Å². The van der Waals surface area contributed by atoms with Crippen LogP contribution in [0.15, 0.2) is 65.6 Å². The molecule has 1 N–H and O–H groups in total. The molecule has 3 aromatic rings. The molecule has 0 amide bonds. The molecule has 5 rings (SSSR count). The lowest BCUT2D eigenvalue weighted by molar-refractivity contribution is -0.205. The number of halogens is 3. The van der Waals surface area contributed by atoms with E-state index in [-0.39, 0.29) is 11.3 Å². The predicted octanol–water partition coefficient (Wildman–Crippen LogP) is 3.86. The number of alkyl halides is 3. The summed E-state index contributed by atoms with van der Waals surface area (Å²) in [6.45, 7) is 4.19. The molecule has 1 fully saturated rings. The molecule has 0 saturated carbocycles. The summed E-state index contributed by atoms with van der Waals surface area (Å²) in [6, 6.07) is 16.0. The molecule has 1 saturated heterocycles. The zero-order valence-electron chi connectivity index (χ0n) is 20.0. The van der Waals surface area contributed by atoms with Gasteiger partial charge in [0.05, 0.1) is 16.6 Å². The Kier molecular flexibility index (Phi) is 6.53. The highest BCUT2D eigenvalue weighted by Gasteiger charge is 2.47. The van der Waals surface area contributed by atoms with E-state index in [2.05, 4.69) is 10.2 Å². The van der Waals surface area contributed by atoms with Gasteiger partial charge < -0.3 is 15.0 Å². The third kappa shape index (κ3) is 4.61. The number of piperazine rings is 1. The van der Waals surface area contributed by atoms with Crippen molar-refractivity contribution in [2.45, 2.75) is 36.6 Å². The number of ether oxygens (including phenoxy) is 1. The van der Waals surface area contributed by atoms with Gasteiger partial charge in [-0.2, -0.15) is 13.2 Å². The average molecular weight is 534 g/mol. The van der Waals surface area contributed by atoms with Gasteiger partial charge in [0, 0.05) is 49.2 Å². The Hall–Kier alpha value is -3.31. The highest BCUT2D eigenvalue weighted by atomic mass is 32.2. The van der Waals surface area contributed by atoms with Crippen LogP contribution in [-0.4, -0.2) is 58.9 Å². The Morgan fingerprint density at radius 2 is 1.62 bits per heavy atom. The Morgan fingerprint density at radius 1 is 0.973 bits per heavy atom. The Morgan fingerprint density at radius 3 is 2.35 bits per heavy atom. The zero-order chi connectivity index (χ0) is 26.4. The number of esters is 1. The lowest BCUT2D eigenvalue weighted by Gasteiger charge is -2.42. The van der Waals surface area contributed by atoms with E-state index in [1.165, 1.54) is 13.0 Å². The van der Waals surface area contributed by atoms with E-state index < -0.39 is 34.3 Å². The summed E-state index contributed by atoms with van der Waals surface area (Å²) in [5.41, 5.74) is 1.62. The van der Waals surface area contributed by atoms with E-state index >= 15 is 0 Å². The summed E-state index contributed by atoms with van der Waals surface area (Å²) in [7, 11) is -4.27. The largest absolute Gasteiger partial charge is 0.490 e. The number of nitrogens with one attached hydrogen (secondary N) is 1. The second-order valence-electron chi connectivity index (χ2n) is 9.18. The number of benzene rings is 3. The van der Waals surface area contributed by atoms with Gasteiger partial charge in [-0.15, -0.1) is 0 Å². The number of hydrogen-bond acceptors (Lipinski definition) is 6. The molecule has 0 aliphatic carbocycles. The summed E-state index contributed by atoms with van der Waals surface area (Å²) >= 11 is 0. The summed E-state index contributed by atoms with van der Waals surface area (Å²) in [4.78, 5) is 13.9. The lowest BCUT2D eigenvalue weighted by Crippen LogP contribution is -2.52. The van der Waals surface area contributed by atoms with Crippen LogP contribution in [0.5, 0.6) is 0 Å². The van der Waals surface area contributed by atoms with Crippen LogP contribution in [0.4, 0.5) is 24.5 Å². The Labute approximate surface area is 212 Å². The van der Waals surface area contributed by atoms with E-state index in [4.69, 9.17) is 4.74 Å². The van der Waals surface area contributed by atoms with E-state index in [0.29, 0.717) is 48.2 Å². The van der Waals surface area contributed by atoms with Crippen LogP contribution in [0.2, 0.25) is 0 Å². The number of fused-ring (bicyclic) bond motifs is 2. The number of carbonyl (C=O) groups is 1. The molecule has 196 valence electrons. The molecule has 0 spiro atoms. The number of sulfonamides is 1. The number of anilines is 2. The minimum atomic E-state index is -5.20. The van der Waals surface area contributed by atoms with Crippen molar-refractivity contribution in [1.82, 2.24) is 5.32 Å². The predicted molar refractivity (Wildman–Crippen MR) is 134 cm³/mol. The monoisotopic (exact) mass is 533 g/mol. The number of carbonyl (C=O) groups excluding carboxylic acids is 1. The maximum absolute atomic E-state index is 14.2. The Balaban J connectivity index is 1.67. The summed E-state index contributed by atoms with van der Waals surface area (Å²) in [5, 5.41) is 4.46. The van der Waals surface area contributed by atoms with Crippen LogP contribution >= 0.6 is 0 Å². The normalized spacial score (nSPS) is 20.5. The van der Waals surface area contributed by atoms with Gasteiger partial charge in [0.15, 0.2) is 0 Å². The van der Waals surface area contributed by atoms with Crippen LogP contribution in [-0.2, 0) is 26.0 Å². The summed E-state index contributed by atoms with van der Waals surface area (Å²) in [5.74, 6) is -2.34. The van der Waals surface area contributed by atoms with Crippen molar-refractivity contribution in [3.63, 3.8) is 0 Å². The minimum absolute atomic E-state index is 0.0266. The van der Waals surface area contributed by atoms with Gasteiger partial charge in [0.2, 0.25) is 0 Å². The van der Waals surface area contributed by atoms with E-state index in [1.807, 2.05) is 6.07 Å². The topological polar surface area (TPSA) is 79.0 Å². The number of hydrogen-bond donors (Lipinski definition) is 1. The molecular formula is C26H26F3N3O4S. The molecule has 7 nitrogen and oxygen atoms in total. The molecule has 11 heteroatoms. The van der Waals surface area contributed by atoms with Crippen molar-refractivity contribution in [2.75, 3.05) is 35.4 Å². The van der Waals surface area contributed by atoms with E-state index in [9.17, 15) is 26.4 Å². The van der Waals surface area contributed by atoms with Gasteiger partial charge in [0.1, 0.15) is 6.10 Å². The first-order valence-electron chi connectivity index (χ1n) is 12.0. The maximum Gasteiger partial charge on any atom is 0.490 e. The second-order valence-corrected chi connectivity index (χ2v) is 11.0. The van der Waals surface area contributed by atoms with E-state index in [1.54, 1.807) is 48.5 Å². The highest BCUT2D eigenvalue weighted by Crippen LogP contribution is 2.42. The highest BCUT2D eigenvalue weighted by molar-refractivity contribution is 7.93. The molecule has 2 unspecified atom stereocenters. The lowest BCUT2D eigenvalue weighted by atomic mass is 9.94. The molecule has 2 atom stereocenters. The second kappa shape index (κ2) is 9.53. The molecule has 0 bridgehead atoms. The van der Waals surface area contributed by atoms with Crippen molar-refractivity contribution < 1.29 is 31.1 Å².